The second-order valence-corrected chi connectivity index (χ2v) is 7.48. The largest absolute Gasteiger partial charge is 0.487 e. The van der Waals surface area contributed by atoms with Gasteiger partial charge in [-0.1, -0.05) is 6.07 Å². The maximum Gasteiger partial charge on any atom is 0.433 e. The average molecular weight is 478 g/mol. The Morgan fingerprint density at radius 3 is 2.79 bits per heavy atom. The van der Waals surface area contributed by atoms with Gasteiger partial charge >= 0.3 is 6.18 Å². The van der Waals surface area contributed by atoms with Gasteiger partial charge in [0, 0.05) is 48.8 Å². The van der Waals surface area contributed by atoms with Gasteiger partial charge in [-0.2, -0.15) is 13.2 Å². The van der Waals surface area contributed by atoms with Crippen LogP contribution in [0, 0.1) is 0 Å². The van der Waals surface area contributed by atoms with Crippen LogP contribution >= 0.6 is 12.4 Å². The quantitative estimate of drug-likeness (QED) is 0.463. The van der Waals surface area contributed by atoms with E-state index in [0.717, 1.165) is 47.9 Å². The van der Waals surface area contributed by atoms with E-state index in [1.54, 1.807) is 12.3 Å². The monoisotopic (exact) mass is 477 g/mol. The highest BCUT2D eigenvalue weighted by molar-refractivity contribution is 5.85. The fraction of sp³-hybridized carbons (Fsp3) is 0.217. The van der Waals surface area contributed by atoms with Gasteiger partial charge in [0.1, 0.15) is 29.4 Å². The summed E-state index contributed by atoms with van der Waals surface area (Å²) in [5, 5.41) is 4.35. The zero-order valence-electron chi connectivity index (χ0n) is 17.2. The van der Waals surface area contributed by atoms with Gasteiger partial charge < -0.3 is 14.5 Å². The molecule has 0 atom stereocenters. The fourth-order valence-electron chi connectivity index (χ4n) is 3.79. The minimum absolute atomic E-state index is 0. The average Bonchev–Trinajstić information content (AvgIpc) is 3.15. The van der Waals surface area contributed by atoms with E-state index < -0.39 is 11.9 Å². The van der Waals surface area contributed by atoms with Crippen molar-refractivity contribution in [1.82, 2.24) is 14.9 Å². The first-order valence-electron chi connectivity index (χ1n) is 10.0. The highest BCUT2D eigenvalue weighted by Crippen LogP contribution is 2.30. The van der Waals surface area contributed by atoms with Crippen molar-refractivity contribution in [3.8, 4) is 11.4 Å². The summed E-state index contributed by atoms with van der Waals surface area (Å²) in [6.45, 7) is 1.44. The third-order valence-corrected chi connectivity index (χ3v) is 5.34. The Bertz CT molecular complexity index is 1360. The van der Waals surface area contributed by atoms with Crippen LogP contribution < -0.4 is 15.6 Å². The Balaban J connectivity index is 0.00000259. The molecule has 4 heterocycles. The van der Waals surface area contributed by atoms with Crippen molar-refractivity contribution in [2.45, 2.75) is 25.7 Å². The van der Waals surface area contributed by atoms with Crippen LogP contribution in [0.1, 0.15) is 22.7 Å². The summed E-state index contributed by atoms with van der Waals surface area (Å²) >= 11 is 0. The van der Waals surface area contributed by atoms with Crippen molar-refractivity contribution >= 4 is 23.4 Å². The lowest BCUT2D eigenvalue weighted by Gasteiger charge is -2.11. The van der Waals surface area contributed by atoms with Crippen LogP contribution in [-0.2, 0) is 25.7 Å². The van der Waals surface area contributed by atoms with Gasteiger partial charge in [-0.25, -0.2) is 4.98 Å². The number of rotatable bonds is 4. The van der Waals surface area contributed by atoms with Gasteiger partial charge in [0.2, 0.25) is 0 Å². The lowest BCUT2D eigenvalue weighted by molar-refractivity contribution is -0.141. The lowest BCUT2D eigenvalue weighted by Crippen LogP contribution is -2.22. The Morgan fingerprint density at radius 2 is 2.00 bits per heavy atom. The second-order valence-electron chi connectivity index (χ2n) is 7.48. The number of alkyl halides is 3. The molecular formula is C23H19ClF3N3O3. The van der Waals surface area contributed by atoms with E-state index >= 15 is 0 Å². The molecule has 0 unspecified atom stereocenters. The van der Waals surface area contributed by atoms with E-state index in [4.69, 9.17) is 9.15 Å². The molecule has 172 valence electrons. The number of halogens is 4. The van der Waals surface area contributed by atoms with Crippen LogP contribution in [0.4, 0.5) is 13.2 Å². The van der Waals surface area contributed by atoms with Crippen molar-refractivity contribution < 1.29 is 22.3 Å². The van der Waals surface area contributed by atoms with Crippen molar-refractivity contribution in [3.63, 3.8) is 0 Å². The number of ether oxygens (including phenoxy) is 1. The summed E-state index contributed by atoms with van der Waals surface area (Å²) in [5.74, 6) is 1.21. The molecule has 3 aromatic heterocycles. The van der Waals surface area contributed by atoms with Crippen LogP contribution in [-0.4, -0.2) is 16.1 Å². The number of pyridine rings is 2. The van der Waals surface area contributed by atoms with E-state index in [0.29, 0.717) is 5.69 Å². The van der Waals surface area contributed by atoms with Gasteiger partial charge in [-0.15, -0.1) is 12.4 Å². The fourth-order valence-corrected chi connectivity index (χ4v) is 3.79. The van der Waals surface area contributed by atoms with E-state index in [9.17, 15) is 18.0 Å². The Kier molecular flexibility index (Phi) is 6.18. The Labute approximate surface area is 192 Å². The topological polar surface area (TPSA) is 69.3 Å². The summed E-state index contributed by atoms with van der Waals surface area (Å²) in [7, 11) is 0. The van der Waals surface area contributed by atoms with Crippen LogP contribution in [0.5, 0.6) is 5.75 Å². The molecule has 0 saturated heterocycles. The number of nitrogens with one attached hydrogen (secondary N) is 1. The minimum atomic E-state index is -4.53. The zero-order chi connectivity index (χ0) is 22.3. The minimum Gasteiger partial charge on any atom is -0.487 e. The summed E-state index contributed by atoms with van der Waals surface area (Å²) in [6.07, 6.45) is -2.14. The van der Waals surface area contributed by atoms with Gasteiger partial charge in [0.25, 0.3) is 5.56 Å². The van der Waals surface area contributed by atoms with Crippen LogP contribution in [0.3, 0.4) is 0 Å². The van der Waals surface area contributed by atoms with Gasteiger partial charge in [-0.3, -0.25) is 9.36 Å². The molecule has 0 spiro atoms. The SMILES string of the molecule is Cl.O=c1cc(OCc2cccc(C(F)(F)F)n2)ccn1-c1ccc2c3c(oc2c1)CCNC3. The Morgan fingerprint density at radius 1 is 1.15 bits per heavy atom. The zero-order valence-corrected chi connectivity index (χ0v) is 18.0. The highest BCUT2D eigenvalue weighted by atomic mass is 35.5. The van der Waals surface area contributed by atoms with Crippen molar-refractivity contribution in [2.24, 2.45) is 0 Å². The highest BCUT2D eigenvalue weighted by Gasteiger charge is 2.32. The van der Waals surface area contributed by atoms with Gasteiger partial charge in [-0.05, 0) is 30.3 Å². The molecule has 0 bridgehead atoms. The molecule has 33 heavy (non-hydrogen) atoms. The van der Waals surface area contributed by atoms with Gasteiger partial charge in [0.05, 0.1) is 11.4 Å². The summed E-state index contributed by atoms with van der Waals surface area (Å²) in [6, 6.07) is 12.1. The summed E-state index contributed by atoms with van der Waals surface area (Å²) < 4.78 is 51.3. The molecule has 0 fully saturated rings. The number of furan rings is 1. The standard InChI is InChI=1S/C23H18F3N3O3.ClH/c24-23(25,26)21-3-1-2-14(28-21)13-31-16-7-9-29(22(30)11-16)15-4-5-17-18-12-27-8-6-19(18)32-20(17)10-15;/h1-5,7,9-11,27H,6,8,12-13H2;1H. The van der Waals surface area contributed by atoms with Crippen LogP contribution in [0.2, 0.25) is 0 Å². The maximum atomic E-state index is 12.8. The predicted octanol–water partition coefficient (Wildman–Crippen LogP) is 4.64. The molecule has 6 nitrogen and oxygen atoms in total. The van der Waals surface area contributed by atoms with Crippen molar-refractivity contribution in [1.29, 1.82) is 0 Å². The van der Waals surface area contributed by atoms with Crippen molar-refractivity contribution in [3.05, 3.63) is 87.8 Å². The summed E-state index contributed by atoms with van der Waals surface area (Å²) in [5.41, 5.74) is 1.31. The number of aromatic nitrogens is 2. The van der Waals surface area contributed by atoms with Crippen LogP contribution in [0.15, 0.2) is 63.9 Å². The number of benzene rings is 1. The number of fused-ring (bicyclic) bond motifs is 3. The third kappa shape index (κ3) is 4.60. The molecule has 10 heteroatoms. The summed E-state index contributed by atoms with van der Waals surface area (Å²) in [4.78, 5) is 16.2. The lowest BCUT2D eigenvalue weighted by atomic mass is 10.1. The second kappa shape index (κ2) is 8.92. The molecule has 0 amide bonds. The first kappa shape index (κ1) is 22.9. The molecule has 1 N–H and O–H groups in total. The first-order valence-corrected chi connectivity index (χ1v) is 10.0. The molecule has 0 aliphatic carbocycles. The molecule has 4 aromatic rings. The number of nitrogens with zero attached hydrogens (tertiary/aromatic N) is 2. The van der Waals surface area contributed by atoms with E-state index in [1.807, 2.05) is 18.2 Å². The Hall–Kier alpha value is -3.30. The third-order valence-electron chi connectivity index (χ3n) is 5.34. The van der Waals surface area contributed by atoms with E-state index in [2.05, 4.69) is 10.3 Å². The molecule has 1 aromatic carbocycles. The normalized spacial score (nSPS) is 13.4. The maximum absolute atomic E-state index is 12.8. The molecule has 0 radical (unpaired) electrons. The molecule has 5 rings (SSSR count). The smallest absolute Gasteiger partial charge is 0.433 e. The van der Waals surface area contributed by atoms with Crippen LogP contribution in [0.25, 0.3) is 16.7 Å². The molecular weight excluding hydrogens is 459 g/mol. The molecule has 0 saturated carbocycles. The number of hydrogen-bond donors (Lipinski definition) is 1. The number of hydrogen-bond acceptors (Lipinski definition) is 5. The van der Waals surface area contributed by atoms with Crippen molar-refractivity contribution in [2.75, 3.05) is 6.54 Å². The van der Waals surface area contributed by atoms with E-state index in [-0.39, 0.29) is 36.0 Å². The first-order chi connectivity index (χ1) is 15.4. The molecule has 1 aliphatic heterocycles. The molecule has 1 aliphatic rings. The predicted molar refractivity (Wildman–Crippen MR) is 118 cm³/mol. The van der Waals surface area contributed by atoms with Gasteiger partial charge in [0.15, 0.2) is 0 Å². The van der Waals surface area contributed by atoms with E-state index in [1.165, 1.54) is 22.8 Å².